The lowest BCUT2D eigenvalue weighted by atomic mass is 10.1. The first-order chi connectivity index (χ1) is 8.16. The Bertz CT molecular complexity index is 525. The average molecular weight is 248 g/mol. The molecule has 0 atom stereocenters. The molecule has 17 heavy (non-hydrogen) atoms. The summed E-state index contributed by atoms with van der Waals surface area (Å²) < 4.78 is 5.62. The Balaban J connectivity index is 2.08. The van der Waals surface area contributed by atoms with E-state index in [2.05, 4.69) is 37.0 Å². The number of hydrogen-bond donors (Lipinski definition) is 0. The number of aromatic nitrogens is 1. The van der Waals surface area contributed by atoms with E-state index in [9.17, 15) is 0 Å². The minimum atomic E-state index is 0.399. The van der Waals surface area contributed by atoms with E-state index in [4.69, 9.17) is 16.3 Å². The van der Waals surface area contributed by atoms with Gasteiger partial charge in [0, 0.05) is 6.20 Å². The van der Waals surface area contributed by atoms with E-state index in [0.717, 1.165) is 5.56 Å². The molecule has 0 radical (unpaired) electrons. The van der Waals surface area contributed by atoms with E-state index in [-0.39, 0.29) is 0 Å². The molecule has 2 aromatic rings. The first-order valence-electron chi connectivity index (χ1n) is 5.46. The first kappa shape index (κ1) is 11.9. The van der Waals surface area contributed by atoms with Gasteiger partial charge in [0.1, 0.15) is 6.61 Å². The molecule has 0 aliphatic rings. The molecular weight excluding hydrogens is 234 g/mol. The van der Waals surface area contributed by atoms with E-state index < -0.39 is 0 Å². The molecule has 88 valence electrons. The Labute approximate surface area is 106 Å². The quantitative estimate of drug-likeness (QED) is 0.767. The highest BCUT2D eigenvalue weighted by atomic mass is 35.5. The molecular formula is C14H14ClNO. The summed E-state index contributed by atoms with van der Waals surface area (Å²) in [6.45, 7) is 4.69. The van der Waals surface area contributed by atoms with E-state index in [1.54, 1.807) is 6.20 Å². The Morgan fingerprint density at radius 1 is 1.18 bits per heavy atom. The van der Waals surface area contributed by atoms with Gasteiger partial charge in [0.15, 0.2) is 10.9 Å². The summed E-state index contributed by atoms with van der Waals surface area (Å²) in [6, 6.07) is 9.91. The van der Waals surface area contributed by atoms with Crippen molar-refractivity contribution in [2.24, 2.45) is 0 Å². The number of aryl methyl sites for hydroxylation is 2. The lowest BCUT2D eigenvalue weighted by molar-refractivity contribution is 0.305. The molecule has 0 saturated heterocycles. The summed E-state index contributed by atoms with van der Waals surface area (Å²) in [7, 11) is 0. The van der Waals surface area contributed by atoms with Crippen LogP contribution in [-0.4, -0.2) is 4.98 Å². The van der Waals surface area contributed by atoms with Crippen molar-refractivity contribution >= 4 is 11.6 Å². The van der Waals surface area contributed by atoms with E-state index >= 15 is 0 Å². The molecule has 0 N–H and O–H groups in total. The highest BCUT2D eigenvalue weighted by Gasteiger charge is 2.02. The Hall–Kier alpha value is -1.54. The van der Waals surface area contributed by atoms with Crippen LogP contribution < -0.4 is 4.74 Å². The number of benzene rings is 1. The SMILES string of the molecule is Cc1ccc(COc2cccnc2Cl)cc1C. The zero-order valence-electron chi connectivity index (χ0n) is 9.90. The molecule has 0 aliphatic heterocycles. The lowest BCUT2D eigenvalue weighted by Crippen LogP contribution is -1.97. The van der Waals surface area contributed by atoms with Gasteiger partial charge in [0.05, 0.1) is 0 Å². The van der Waals surface area contributed by atoms with Gasteiger partial charge in [-0.1, -0.05) is 29.8 Å². The van der Waals surface area contributed by atoms with Crippen molar-refractivity contribution in [2.75, 3.05) is 0 Å². The Kier molecular flexibility index (Phi) is 3.64. The van der Waals surface area contributed by atoms with Crippen LogP contribution in [0.2, 0.25) is 5.15 Å². The molecule has 0 amide bonds. The van der Waals surface area contributed by atoms with Crippen LogP contribution in [0.4, 0.5) is 0 Å². The van der Waals surface area contributed by atoms with Gasteiger partial charge in [0.2, 0.25) is 0 Å². The van der Waals surface area contributed by atoms with Crippen LogP contribution in [-0.2, 0) is 6.61 Å². The third kappa shape index (κ3) is 2.98. The smallest absolute Gasteiger partial charge is 0.171 e. The number of pyridine rings is 1. The number of ether oxygens (including phenoxy) is 1. The molecule has 2 nitrogen and oxygen atoms in total. The van der Waals surface area contributed by atoms with Crippen LogP contribution in [0.5, 0.6) is 5.75 Å². The maximum atomic E-state index is 5.91. The number of nitrogens with zero attached hydrogens (tertiary/aromatic N) is 1. The molecule has 0 bridgehead atoms. The van der Waals surface area contributed by atoms with Crippen molar-refractivity contribution in [2.45, 2.75) is 20.5 Å². The van der Waals surface area contributed by atoms with Gasteiger partial charge in [-0.3, -0.25) is 0 Å². The predicted molar refractivity (Wildman–Crippen MR) is 69.5 cm³/mol. The normalized spacial score (nSPS) is 10.3. The summed E-state index contributed by atoms with van der Waals surface area (Å²) in [4.78, 5) is 3.96. The summed E-state index contributed by atoms with van der Waals surface area (Å²) in [6.07, 6.45) is 1.64. The Morgan fingerprint density at radius 2 is 2.00 bits per heavy atom. The van der Waals surface area contributed by atoms with Crippen LogP contribution in [0.25, 0.3) is 0 Å². The summed E-state index contributed by atoms with van der Waals surface area (Å²) in [5, 5.41) is 0.399. The van der Waals surface area contributed by atoms with Crippen LogP contribution in [0.15, 0.2) is 36.5 Å². The maximum Gasteiger partial charge on any atom is 0.171 e. The molecule has 0 saturated carbocycles. The van der Waals surface area contributed by atoms with Crippen LogP contribution in [0.3, 0.4) is 0 Å². The van der Waals surface area contributed by atoms with Crippen LogP contribution in [0.1, 0.15) is 16.7 Å². The van der Waals surface area contributed by atoms with Crippen molar-refractivity contribution < 1.29 is 4.74 Å². The molecule has 1 heterocycles. The van der Waals surface area contributed by atoms with Crippen molar-refractivity contribution in [3.8, 4) is 5.75 Å². The highest BCUT2D eigenvalue weighted by Crippen LogP contribution is 2.21. The fourth-order valence-electron chi connectivity index (χ4n) is 1.53. The summed E-state index contributed by atoms with van der Waals surface area (Å²) >= 11 is 5.91. The fraction of sp³-hybridized carbons (Fsp3) is 0.214. The first-order valence-corrected chi connectivity index (χ1v) is 5.84. The van der Waals surface area contributed by atoms with Crippen LogP contribution >= 0.6 is 11.6 Å². The van der Waals surface area contributed by atoms with Crippen molar-refractivity contribution in [1.82, 2.24) is 4.98 Å². The van der Waals surface area contributed by atoms with E-state index in [1.165, 1.54) is 11.1 Å². The second-order valence-corrected chi connectivity index (χ2v) is 4.36. The monoisotopic (exact) mass is 247 g/mol. The summed E-state index contributed by atoms with van der Waals surface area (Å²) in [5.74, 6) is 0.618. The average Bonchev–Trinajstić information content (AvgIpc) is 2.32. The third-order valence-electron chi connectivity index (χ3n) is 2.69. The zero-order chi connectivity index (χ0) is 12.3. The molecule has 1 aromatic heterocycles. The van der Waals surface area contributed by atoms with Gasteiger partial charge >= 0.3 is 0 Å². The molecule has 3 heteroatoms. The van der Waals surface area contributed by atoms with E-state index in [0.29, 0.717) is 17.5 Å². The molecule has 2 rings (SSSR count). The highest BCUT2D eigenvalue weighted by molar-refractivity contribution is 6.30. The van der Waals surface area contributed by atoms with Crippen molar-refractivity contribution in [3.05, 3.63) is 58.4 Å². The molecule has 0 unspecified atom stereocenters. The Morgan fingerprint density at radius 3 is 2.71 bits per heavy atom. The second kappa shape index (κ2) is 5.19. The second-order valence-electron chi connectivity index (χ2n) is 4.00. The predicted octanol–water partition coefficient (Wildman–Crippen LogP) is 3.93. The molecule has 0 spiro atoms. The summed E-state index contributed by atoms with van der Waals surface area (Å²) in [5.41, 5.74) is 3.68. The van der Waals surface area contributed by atoms with E-state index in [1.807, 2.05) is 12.1 Å². The number of hydrogen-bond acceptors (Lipinski definition) is 2. The largest absolute Gasteiger partial charge is 0.486 e. The molecule has 0 aliphatic carbocycles. The van der Waals surface area contributed by atoms with Gasteiger partial charge in [-0.05, 0) is 42.7 Å². The van der Waals surface area contributed by atoms with Gasteiger partial charge < -0.3 is 4.74 Å². The number of halogens is 1. The van der Waals surface area contributed by atoms with Gasteiger partial charge in [0.25, 0.3) is 0 Å². The lowest BCUT2D eigenvalue weighted by Gasteiger charge is -2.08. The van der Waals surface area contributed by atoms with Crippen molar-refractivity contribution in [3.63, 3.8) is 0 Å². The molecule has 0 fully saturated rings. The minimum absolute atomic E-state index is 0.399. The van der Waals surface area contributed by atoms with Gasteiger partial charge in [-0.25, -0.2) is 4.98 Å². The van der Waals surface area contributed by atoms with Gasteiger partial charge in [-0.15, -0.1) is 0 Å². The zero-order valence-corrected chi connectivity index (χ0v) is 10.7. The standard InChI is InChI=1S/C14H14ClNO/c1-10-5-6-12(8-11(10)2)9-17-13-4-3-7-16-14(13)15/h3-8H,9H2,1-2H3. The van der Waals surface area contributed by atoms with Gasteiger partial charge in [-0.2, -0.15) is 0 Å². The topological polar surface area (TPSA) is 22.1 Å². The maximum absolute atomic E-state index is 5.91. The van der Waals surface area contributed by atoms with Crippen molar-refractivity contribution in [1.29, 1.82) is 0 Å². The number of rotatable bonds is 3. The third-order valence-corrected chi connectivity index (χ3v) is 2.97. The molecule has 1 aromatic carbocycles. The fourth-order valence-corrected chi connectivity index (χ4v) is 1.71. The minimum Gasteiger partial charge on any atom is -0.486 e. The van der Waals surface area contributed by atoms with Crippen LogP contribution in [0, 0.1) is 13.8 Å².